The van der Waals surface area contributed by atoms with Gasteiger partial charge in [-0.2, -0.15) is 8.78 Å². The van der Waals surface area contributed by atoms with Crippen LogP contribution in [-0.2, 0) is 0 Å². The fourth-order valence-electron chi connectivity index (χ4n) is 1.28. The molecule has 96 valence electrons. The number of carboxylic acid groups (broad SMARTS) is 1. The number of nitro groups is 1. The summed E-state index contributed by atoms with van der Waals surface area (Å²) < 4.78 is 27.9. The second-order valence-corrected chi connectivity index (χ2v) is 2.94. The molecule has 18 heavy (non-hydrogen) atoms. The SMILES string of the molecule is O=Cc1ccc(OC(F)F)c(C(=O)O)c1[N+](=O)[O-]. The van der Waals surface area contributed by atoms with Gasteiger partial charge in [-0.25, -0.2) is 4.79 Å². The Morgan fingerprint density at radius 2 is 2.11 bits per heavy atom. The number of halogens is 2. The van der Waals surface area contributed by atoms with Gasteiger partial charge in [-0.15, -0.1) is 0 Å². The number of benzene rings is 1. The molecule has 0 heterocycles. The molecule has 0 aliphatic rings. The number of aldehydes is 1. The number of hydrogen-bond acceptors (Lipinski definition) is 5. The van der Waals surface area contributed by atoms with E-state index in [-0.39, 0.29) is 6.29 Å². The fourth-order valence-corrected chi connectivity index (χ4v) is 1.28. The van der Waals surface area contributed by atoms with Crippen LogP contribution in [0.5, 0.6) is 5.75 Å². The minimum absolute atomic E-state index is 0.0523. The monoisotopic (exact) mass is 261 g/mol. The molecule has 0 bridgehead atoms. The number of rotatable bonds is 5. The number of ether oxygens (including phenoxy) is 1. The molecule has 0 aromatic heterocycles. The van der Waals surface area contributed by atoms with Crippen LogP contribution in [0.15, 0.2) is 12.1 Å². The first-order valence-electron chi connectivity index (χ1n) is 4.33. The first kappa shape index (κ1) is 13.5. The van der Waals surface area contributed by atoms with E-state index in [2.05, 4.69) is 4.74 Å². The summed E-state index contributed by atoms with van der Waals surface area (Å²) in [5.41, 5.74) is -2.72. The number of carbonyl (C=O) groups is 2. The predicted octanol–water partition coefficient (Wildman–Crippen LogP) is 1.71. The molecule has 1 N–H and O–H groups in total. The standard InChI is InChI=1S/C9H5F2NO6/c10-9(11)18-5-2-1-4(3-13)7(12(16)17)6(5)8(14)15/h1-3,9H,(H,14,15). The number of aromatic carboxylic acids is 1. The number of alkyl halides is 2. The maximum absolute atomic E-state index is 12.0. The lowest BCUT2D eigenvalue weighted by Crippen LogP contribution is -2.11. The summed E-state index contributed by atoms with van der Waals surface area (Å²) in [4.78, 5) is 30.9. The van der Waals surface area contributed by atoms with Gasteiger partial charge in [-0.05, 0) is 12.1 Å². The highest BCUT2D eigenvalue weighted by molar-refractivity contribution is 6.00. The van der Waals surface area contributed by atoms with E-state index >= 15 is 0 Å². The number of carboxylic acids is 1. The Morgan fingerprint density at radius 1 is 1.50 bits per heavy atom. The summed E-state index contributed by atoms with van der Waals surface area (Å²) in [6.45, 7) is -3.34. The van der Waals surface area contributed by atoms with E-state index in [9.17, 15) is 28.5 Å². The number of nitro benzene ring substituents is 1. The van der Waals surface area contributed by atoms with Crippen LogP contribution in [0, 0.1) is 10.1 Å². The quantitative estimate of drug-likeness (QED) is 0.491. The van der Waals surface area contributed by atoms with Crippen molar-refractivity contribution in [3.05, 3.63) is 33.4 Å². The van der Waals surface area contributed by atoms with Gasteiger partial charge < -0.3 is 9.84 Å². The van der Waals surface area contributed by atoms with Gasteiger partial charge in [0.2, 0.25) is 0 Å². The zero-order chi connectivity index (χ0) is 13.9. The topological polar surface area (TPSA) is 107 Å². The van der Waals surface area contributed by atoms with E-state index in [1.165, 1.54) is 0 Å². The summed E-state index contributed by atoms with van der Waals surface area (Å²) >= 11 is 0. The van der Waals surface area contributed by atoms with Crippen LogP contribution < -0.4 is 4.74 Å². The molecule has 0 spiro atoms. The van der Waals surface area contributed by atoms with E-state index in [0.29, 0.717) is 0 Å². The third-order valence-electron chi connectivity index (χ3n) is 1.91. The number of nitrogens with zero attached hydrogens (tertiary/aromatic N) is 1. The fraction of sp³-hybridized carbons (Fsp3) is 0.111. The van der Waals surface area contributed by atoms with Gasteiger partial charge >= 0.3 is 12.6 Å². The third kappa shape index (κ3) is 2.56. The highest BCUT2D eigenvalue weighted by Crippen LogP contribution is 2.32. The molecule has 0 radical (unpaired) electrons. The largest absolute Gasteiger partial charge is 0.477 e. The molecule has 9 heteroatoms. The Balaban J connectivity index is 3.56. The van der Waals surface area contributed by atoms with Crippen molar-refractivity contribution in [2.45, 2.75) is 6.61 Å². The Bertz CT molecular complexity index is 516. The Kier molecular flexibility index (Phi) is 3.87. The van der Waals surface area contributed by atoms with Crippen LogP contribution in [0.1, 0.15) is 20.7 Å². The first-order chi connectivity index (χ1) is 8.38. The molecular weight excluding hydrogens is 256 g/mol. The maximum Gasteiger partial charge on any atom is 0.387 e. The first-order valence-corrected chi connectivity index (χ1v) is 4.33. The van der Waals surface area contributed by atoms with Crippen LogP contribution in [-0.4, -0.2) is 28.9 Å². The normalized spacial score (nSPS) is 10.2. The average molecular weight is 261 g/mol. The lowest BCUT2D eigenvalue weighted by Gasteiger charge is -2.08. The van der Waals surface area contributed by atoms with Crippen molar-refractivity contribution in [1.29, 1.82) is 0 Å². The average Bonchev–Trinajstić information content (AvgIpc) is 2.26. The van der Waals surface area contributed by atoms with Gasteiger partial charge in [0.15, 0.2) is 11.8 Å². The highest BCUT2D eigenvalue weighted by atomic mass is 19.3. The van der Waals surface area contributed by atoms with Gasteiger partial charge in [-0.3, -0.25) is 14.9 Å². The molecule has 0 saturated carbocycles. The van der Waals surface area contributed by atoms with Crippen molar-refractivity contribution in [2.75, 3.05) is 0 Å². The van der Waals surface area contributed by atoms with E-state index < -0.39 is 40.1 Å². The molecular formula is C9H5F2NO6. The molecule has 0 aliphatic heterocycles. The van der Waals surface area contributed by atoms with Crippen molar-refractivity contribution < 1.29 is 33.1 Å². The molecule has 1 aromatic rings. The van der Waals surface area contributed by atoms with Crippen molar-refractivity contribution in [3.63, 3.8) is 0 Å². The lowest BCUT2D eigenvalue weighted by atomic mass is 10.1. The molecule has 1 rings (SSSR count). The van der Waals surface area contributed by atoms with Crippen molar-refractivity contribution in [3.8, 4) is 5.75 Å². The van der Waals surface area contributed by atoms with Gasteiger partial charge in [-0.1, -0.05) is 0 Å². The smallest absolute Gasteiger partial charge is 0.387 e. The summed E-state index contributed by atoms with van der Waals surface area (Å²) in [5.74, 6) is -2.73. The van der Waals surface area contributed by atoms with E-state index in [0.717, 1.165) is 12.1 Å². The van der Waals surface area contributed by atoms with Crippen LogP contribution in [0.3, 0.4) is 0 Å². The Morgan fingerprint density at radius 3 is 2.50 bits per heavy atom. The lowest BCUT2D eigenvalue weighted by molar-refractivity contribution is -0.385. The molecule has 0 fully saturated rings. The van der Waals surface area contributed by atoms with Crippen LogP contribution in [0.25, 0.3) is 0 Å². The van der Waals surface area contributed by atoms with E-state index in [1.54, 1.807) is 0 Å². The molecule has 0 amide bonds. The van der Waals surface area contributed by atoms with Crippen LogP contribution in [0.2, 0.25) is 0 Å². The minimum atomic E-state index is -3.34. The van der Waals surface area contributed by atoms with Gasteiger partial charge in [0.25, 0.3) is 5.69 Å². The molecule has 0 saturated heterocycles. The zero-order valence-electron chi connectivity index (χ0n) is 8.50. The second-order valence-electron chi connectivity index (χ2n) is 2.94. The predicted molar refractivity (Wildman–Crippen MR) is 52.1 cm³/mol. The number of carbonyl (C=O) groups excluding carboxylic acids is 1. The molecule has 0 atom stereocenters. The minimum Gasteiger partial charge on any atom is -0.477 e. The van der Waals surface area contributed by atoms with E-state index in [4.69, 9.17) is 5.11 Å². The Hall–Kier alpha value is -2.58. The summed E-state index contributed by atoms with van der Waals surface area (Å²) in [5, 5.41) is 19.5. The van der Waals surface area contributed by atoms with Gasteiger partial charge in [0.05, 0.1) is 10.5 Å². The highest BCUT2D eigenvalue weighted by Gasteiger charge is 2.30. The van der Waals surface area contributed by atoms with Crippen LogP contribution in [0.4, 0.5) is 14.5 Å². The summed E-state index contributed by atoms with van der Waals surface area (Å²) in [6, 6.07) is 1.58. The summed E-state index contributed by atoms with van der Waals surface area (Å²) in [7, 11) is 0. The second kappa shape index (κ2) is 5.17. The van der Waals surface area contributed by atoms with Gasteiger partial charge in [0.1, 0.15) is 5.75 Å². The van der Waals surface area contributed by atoms with E-state index in [1.807, 2.05) is 0 Å². The number of hydrogen-bond donors (Lipinski definition) is 1. The Labute approximate surface area is 97.7 Å². The molecule has 0 unspecified atom stereocenters. The van der Waals surface area contributed by atoms with Gasteiger partial charge in [0, 0.05) is 0 Å². The van der Waals surface area contributed by atoms with Crippen molar-refractivity contribution >= 4 is 17.9 Å². The molecule has 0 aliphatic carbocycles. The van der Waals surface area contributed by atoms with Crippen molar-refractivity contribution in [1.82, 2.24) is 0 Å². The molecule has 1 aromatic carbocycles. The summed E-state index contributed by atoms with van der Waals surface area (Å²) in [6.07, 6.45) is 0.0523. The van der Waals surface area contributed by atoms with Crippen LogP contribution >= 0.6 is 0 Å². The third-order valence-corrected chi connectivity index (χ3v) is 1.91. The molecule has 7 nitrogen and oxygen atoms in total. The maximum atomic E-state index is 12.0. The van der Waals surface area contributed by atoms with Crippen molar-refractivity contribution in [2.24, 2.45) is 0 Å². The zero-order valence-corrected chi connectivity index (χ0v) is 8.50.